The molecule has 1 amide bonds. The van der Waals surface area contributed by atoms with Gasteiger partial charge in [0.25, 0.3) is 41.3 Å². The smallest absolute Gasteiger partial charge is 0.416 e. The van der Waals surface area contributed by atoms with Crippen LogP contribution in [-0.4, -0.2) is 100 Å². The third-order valence-corrected chi connectivity index (χ3v) is 21.4. The topological polar surface area (TPSA) is 312 Å². The Kier molecular flexibility index (Phi) is 31.0. The molecular formula is C96H88F12N16O9. The van der Waals surface area contributed by atoms with Gasteiger partial charge in [-0.25, -0.2) is 42.5 Å². The molecular weight excluding hydrogens is 1750 g/mol. The lowest BCUT2D eigenvalue weighted by Crippen LogP contribution is -2.25. The Morgan fingerprint density at radius 1 is 0.429 bits per heavy atom. The highest BCUT2D eigenvalue weighted by Gasteiger charge is 2.36. The van der Waals surface area contributed by atoms with Gasteiger partial charge in [-0.2, -0.15) is 55.1 Å². The van der Waals surface area contributed by atoms with Crippen LogP contribution in [0.25, 0.3) is 11.0 Å². The van der Waals surface area contributed by atoms with Crippen LogP contribution in [-0.2, 0) is 104 Å². The highest BCUT2D eigenvalue weighted by Crippen LogP contribution is 2.42. The van der Waals surface area contributed by atoms with Gasteiger partial charge in [-0.3, -0.25) is 19.4 Å². The zero-order chi connectivity index (χ0) is 94.6. The number of aliphatic carboxylic acids is 2. The summed E-state index contributed by atoms with van der Waals surface area (Å²) in [6.07, 6.45) is 12.7. The van der Waals surface area contributed by atoms with Crippen molar-refractivity contribution >= 4 is 46.3 Å². The van der Waals surface area contributed by atoms with Crippen molar-refractivity contribution in [3.8, 4) is 23.5 Å². The summed E-state index contributed by atoms with van der Waals surface area (Å²) in [6, 6.07) is 50.2. The zero-order valence-corrected chi connectivity index (χ0v) is 71.7. The maximum Gasteiger partial charge on any atom is 0.416 e. The minimum atomic E-state index is -4.35. The van der Waals surface area contributed by atoms with Crippen LogP contribution >= 0.6 is 0 Å². The minimum absolute atomic E-state index is 0.0146. The van der Waals surface area contributed by atoms with E-state index >= 15 is 4.39 Å². The van der Waals surface area contributed by atoms with Crippen molar-refractivity contribution in [1.82, 2.24) is 59.0 Å². The molecule has 9 heterocycles. The van der Waals surface area contributed by atoms with Crippen molar-refractivity contribution in [1.29, 1.82) is 0 Å². The fraction of sp³-hybridized carbons (Fsp3) is 0.260. The summed E-state index contributed by atoms with van der Waals surface area (Å²) in [7, 11) is 0. The second-order valence-corrected chi connectivity index (χ2v) is 31.5. The van der Waals surface area contributed by atoms with Crippen LogP contribution in [0.4, 0.5) is 70.1 Å². The van der Waals surface area contributed by atoms with Crippen LogP contribution in [0.2, 0.25) is 0 Å². The number of anilines is 3. The number of nitrogens with one attached hydrogen (secondary N) is 1. The lowest BCUT2D eigenvalue weighted by molar-refractivity contribution is -0.138. The number of aromatic nitrogens is 12. The van der Waals surface area contributed by atoms with E-state index in [1.54, 1.807) is 84.2 Å². The average Bonchev–Trinajstić information content (AvgIpc) is 1.66. The number of carbonyl (C=O) groups excluding carboxylic acids is 1. The minimum Gasteiger partial charge on any atom is -0.481 e. The number of rotatable bonds is 32. The molecule has 16 rings (SSSR count). The molecule has 25 nitrogen and oxygen atoms in total. The molecule has 0 saturated carbocycles. The largest absolute Gasteiger partial charge is 0.481 e. The molecule has 2 atom stereocenters. The highest BCUT2D eigenvalue weighted by molar-refractivity contribution is 5.88. The molecule has 0 aliphatic carbocycles. The number of hydrogen-bond donors (Lipinski definition) is 4. The maximum absolute atomic E-state index is 15.3. The first-order chi connectivity index (χ1) is 63.6. The molecule has 5 N–H and O–H groups in total. The Morgan fingerprint density at radius 3 is 1.31 bits per heavy atom. The number of halogens is 12. The zero-order valence-electron chi connectivity index (χ0n) is 71.7. The number of fused-ring (bicyclic) bond motifs is 1. The van der Waals surface area contributed by atoms with Gasteiger partial charge in [0.15, 0.2) is 11.6 Å². The van der Waals surface area contributed by atoms with Crippen molar-refractivity contribution in [2.24, 2.45) is 5.73 Å². The molecule has 7 aromatic heterocycles. The van der Waals surface area contributed by atoms with E-state index in [9.17, 15) is 62.7 Å². The lowest BCUT2D eigenvalue weighted by atomic mass is 10.0. The molecule has 0 bridgehead atoms. The van der Waals surface area contributed by atoms with Crippen molar-refractivity contribution in [3.05, 3.63) is 351 Å². The Labute approximate surface area is 754 Å². The van der Waals surface area contributed by atoms with Crippen molar-refractivity contribution in [3.63, 3.8) is 0 Å². The Hall–Kier alpha value is -15.1. The van der Waals surface area contributed by atoms with Gasteiger partial charge in [-0.1, -0.05) is 164 Å². The number of nitrogens with two attached hydrogens (primary N) is 1. The third kappa shape index (κ3) is 26.4. The summed E-state index contributed by atoms with van der Waals surface area (Å²) < 4.78 is 190. The molecule has 2 saturated heterocycles. The van der Waals surface area contributed by atoms with E-state index in [4.69, 9.17) is 34.9 Å². The number of alkyl halides is 9. The second kappa shape index (κ2) is 43.1. The van der Waals surface area contributed by atoms with E-state index in [1.807, 2.05) is 76.1 Å². The van der Waals surface area contributed by atoms with Gasteiger partial charge >= 0.3 is 18.1 Å². The van der Waals surface area contributed by atoms with Gasteiger partial charge in [-0.15, -0.1) is 0 Å². The first-order valence-electron chi connectivity index (χ1n) is 41.7. The third-order valence-electron chi connectivity index (χ3n) is 21.4. The van der Waals surface area contributed by atoms with Crippen LogP contribution in [0.1, 0.15) is 148 Å². The normalized spacial score (nSPS) is 13.8. The van der Waals surface area contributed by atoms with Gasteiger partial charge in [0.2, 0.25) is 23.4 Å². The fourth-order valence-electron chi connectivity index (χ4n) is 14.5. The quantitative estimate of drug-likeness (QED) is 0.0285. The Balaban J connectivity index is 0.000000151. The van der Waals surface area contributed by atoms with Gasteiger partial charge in [0.1, 0.15) is 68.9 Å². The van der Waals surface area contributed by atoms with Crippen LogP contribution < -0.4 is 39.8 Å². The van der Waals surface area contributed by atoms with Crippen molar-refractivity contribution in [2.45, 2.75) is 148 Å². The van der Waals surface area contributed by atoms with Gasteiger partial charge in [0, 0.05) is 89.4 Å². The predicted octanol–water partition coefficient (Wildman–Crippen LogP) is 19.2. The first kappa shape index (κ1) is 95.5. The van der Waals surface area contributed by atoms with Gasteiger partial charge in [0.05, 0.1) is 48.6 Å². The number of carboxylic acid groups (broad SMARTS) is 2. The summed E-state index contributed by atoms with van der Waals surface area (Å²) in [5.41, 5.74) is 14.2. The number of hydrogen-bond acceptors (Lipinski definition) is 20. The summed E-state index contributed by atoms with van der Waals surface area (Å²) in [6.45, 7) is 5.37. The summed E-state index contributed by atoms with van der Waals surface area (Å²) in [5.74, 6) is -13.5. The van der Waals surface area contributed by atoms with E-state index in [0.717, 1.165) is 133 Å². The maximum atomic E-state index is 15.3. The molecule has 133 heavy (non-hydrogen) atoms. The summed E-state index contributed by atoms with van der Waals surface area (Å²) in [4.78, 5) is 76.8. The second-order valence-electron chi connectivity index (χ2n) is 31.5. The molecule has 0 radical (unpaired) electrons. The molecule has 7 aromatic carbocycles. The van der Waals surface area contributed by atoms with Crippen molar-refractivity contribution < 1.29 is 96.2 Å². The first-order valence-corrected chi connectivity index (χ1v) is 41.7. The van der Waals surface area contributed by atoms with Crippen LogP contribution in [0, 0.1) is 17.5 Å². The number of amides is 1. The molecule has 690 valence electrons. The Morgan fingerprint density at radius 2 is 0.842 bits per heavy atom. The monoisotopic (exact) mass is 1840 g/mol. The number of ether oxygens (including phenoxy) is 4. The fourth-order valence-corrected chi connectivity index (χ4v) is 14.5. The lowest BCUT2D eigenvalue weighted by Gasteiger charge is -2.27. The number of nitrogens with zero attached hydrogens (tertiary/aromatic N) is 14. The SMILES string of the molecule is CC(F)(F)c1ccc(C2CCCN2c2ncnc(OCc3ccc(CC(N)=O)cc3)c2F)cn1.CC(F)(F)c1ccc(CNc2ncnc(OCc3ccc(CC(=O)O)cc3)c2F)cc1.CC(F)(F)c1ccc(COc2ncnc(OCc3ccc(Cn4ccnc4)cc3)c2F)cc1.O=C(O)Cc1ccc(Cn2ccc3c(N4CCCC4c4ccc(C(F)(F)F)cc4)ncnc32)cc1. The number of imidazole rings is 1. The highest BCUT2D eigenvalue weighted by atomic mass is 19.4. The molecule has 0 spiro atoms. The molecule has 2 fully saturated rings. The van der Waals surface area contributed by atoms with E-state index in [0.29, 0.717) is 48.3 Å². The van der Waals surface area contributed by atoms with Crippen molar-refractivity contribution in [2.75, 3.05) is 28.2 Å². The molecule has 37 heteroatoms. The van der Waals surface area contributed by atoms with E-state index < -0.39 is 64.8 Å². The summed E-state index contributed by atoms with van der Waals surface area (Å²) in [5, 5.41) is 21.4. The van der Waals surface area contributed by atoms with Crippen LogP contribution in [0.15, 0.2) is 244 Å². The predicted molar refractivity (Wildman–Crippen MR) is 466 cm³/mol. The molecule has 2 aliphatic rings. The Bertz CT molecular complexity index is 6220. The van der Waals surface area contributed by atoms with E-state index in [1.165, 1.54) is 73.4 Å². The standard InChI is InChI=1S/C26H23F3N4O2.C24H24F3N5O2.C24H21F3N4O2.C22H20F3N3O3/c27-26(28,29)20-9-7-19(8-10-20)22-2-1-12-33(22)25-21-11-13-32(24(21)30-16-31-25)15-18-5-3-17(4-6-18)14-23(34)35;1-24(26,27)19-9-8-17(12-29-19)18-3-2-10-32(18)22-21(25)23(31-14-30-22)34-13-16-6-4-15(5-7-16)11-20(28)33;1-24(26,27)20-8-6-19(7-9-20)14-33-23-21(25)22(29-15-30-23)32-13-18-4-2-17(3-5-18)12-31-11-10-28-16-31;1-22(24,25)17-8-6-15(7-9-17)11-26-20-19(23)21(28-13-27-20)31-12-16-4-2-14(3-5-16)10-18(29)30/h3-11,13,16,22H,1-2,12,14-15H2,(H,34,35);4-9,12,14,18H,2-3,10-11,13H2,1H3,(H2,28,33);2-11,15-16H,12-14H2,1H3;2-9,13H,10-12H2,1H3,(H,29,30)(H,26,27,28). The molecule has 14 aromatic rings. The van der Waals surface area contributed by atoms with Gasteiger partial charge < -0.3 is 59.1 Å². The average molecular weight is 1840 g/mol. The van der Waals surface area contributed by atoms with E-state index in [2.05, 4.69) is 60.1 Å². The number of carboxylic acids is 2. The number of pyridine rings is 1. The number of benzene rings is 7. The number of carbonyl (C=O) groups is 3. The van der Waals surface area contributed by atoms with Gasteiger partial charge in [-0.05, 0) is 117 Å². The molecule has 2 aliphatic heterocycles. The van der Waals surface area contributed by atoms with E-state index in [-0.39, 0.29) is 116 Å². The molecule has 2 unspecified atom stereocenters. The summed E-state index contributed by atoms with van der Waals surface area (Å²) >= 11 is 0. The number of primary amides is 1. The van der Waals surface area contributed by atoms with Crippen LogP contribution in [0.3, 0.4) is 0 Å². The van der Waals surface area contributed by atoms with Crippen LogP contribution in [0.5, 0.6) is 23.5 Å².